The summed E-state index contributed by atoms with van der Waals surface area (Å²) in [6.07, 6.45) is 3.24. The highest BCUT2D eigenvalue weighted by Gasteiger charge is 2.18. The Morgan fingerprint density at radius 1 is 1.28 bits per heavy atom. The lowest BCUT2D eigenvalue weighted by atomic mass is 10.0. The lowest BCUT2D eigenvalue weighted by Gasteiger charge is -2.27. The molecule has 1 unspecified atom stereocenters. The van der Waals surface area contributed by atoms with Crippen LogP contribution in [0.25, 0.3) is 6.08 Å². The fourth-order valence-electron chi connectivity index (χ4n) is 3.05. The van der Waals surface area contributed by atoms with Gasteiger partial charge in [-0.05, 0) is 62.2 Å². The van der Waals surface area contributed by atoms with E-state index >= 15 is 0 Å². The molecule has 2 aromatic rings. The van der Waals surface area contributed by atoms with Gasteiger partial charge in [-0.1, -0.05) is 23.7 Å². The van der Waals surface area contributed by atoms with Crippen molar-refractivity contribution < 1.29 is 14.3 Å². The first-order chi connectivity index (χ1) is 13.9. The zero-order valence-corrected chi connectivity index (χ0v) is 17.9. The summed E-state index contributed by atoms with van der Waals surface area (Å²) in [6.45, 7) is 6.81. The van der Waals surface area contributed by atoms with Crippen LogP contribution in [0, 0.1) is 11.3 Å². The minimum Gasteiger partial charge on any atom is -0.491 e. The lowest BCUT2D eigenvalue weighted by molar-refractivity contribution is -0.127. The minimum absolute atomic E-state index is 0.116. The summed E-state index contributed by atoms with van der Waals surface area (Å²) in [5.41, 5.74) is 2.31. The van der Waals surface area contributed by atoms with Gasteiger partial charge in [0.05, 0.1) is 36.4 Å². The highest BCUT2D eigenvalue weighted by atomic mass is 35.5. The molecule has 2 rings (SSSR count). The van der Waals surface area contributed by atoms with Crippen LogP contribution < -0.4 is 9.47 Å². The van der Waals surface area contributed by atoms with Crippen LogP contribution >= 0.6 is 11.6 Å². The van der Waals surface area contributed by atoms with E-state index in [0.29, 0.717) is 35.2 Å². The van der Waals surface area contributed by atoms with E-state index in [1.165, 1.54) is 13.2 Å². The van der Waals surface area contributed by atoms with E-state index in [4.69, 9.17) is 26.3 Å². The molecule has 29 heavy (non-hydrogen) atoms. The summed E-state index contributed by atoms with van der Waals surface area (Å²) in [6, 6.07) is 12.8. The maximum Gasteiger partial charge on any atom is 0.247 e. The first-order valence-electron chi connectivity index (χ1n) is 9.44. The third kappa shape index (κ3) is 5.52. The second kappa shape index (κ2) is 10.5. The fourth-order valence-corrected chi connectivity index (χ4v) is 3.34. The number of amides is 1. The highest BCUT2D eigenvalue weighted by Crippen LogP contribution is 2.36. The van der Waals surface area contributed by atoms with Crippen LogP contribution in [0.4, 0.5) is 0 Å². The van der Waals surface area contributed by atoms with E-state index < -0.39 is 0 Å². The predicted octanol–water partition coefficient (Wildman–Crippen LogP) is 5.24. The normalized spacial score (nSPS) is 11.7. The Kier molecular flexibility index (Phi) is 8.11. The van der Waals surface area contributed by atoms with Crippen molar-refractivity contribution in [3.8, 4) is 17.6 Å². The number of hydrogen-bond donors (Lipinski definition) is 0. The molecule has 0 bridgehead atoms. The largest absolute Gasteiger partial charge is 0.491 e. The van der Waals surface area contributed by atoms with Gasteiger partial charge in [-0.25, -0.2) is 0 Å². The topological polar surface area (TPSA) is 62.6 Å². The smallest absolute Gasteiger partial charge is 0.247 e. The molecule has 6 heteroatoms. The van der Waals surface area contributed by atoms with Crippen LogP contribution in [0.15, 0.2) is 42.5 Å². The first kappa shape index (κ1) is 22.3. The second-order valence-electron chi connectivity index (χ2n) is 6.33. The SMILES string of the molecule is CCOc1cc(C=CC(=O)N(CC)C(C)c2ccc(C#N)cc2)cc(Cl)c1OC. The molecule has 0 heterocycles. The molecule has 0 saturated carbocycles. The molecular formula is C23H25ClN2O3. The molecule has 0 aliphatic rings. The van der Waals surface area contributed by atoms with E-state index in [9.17, 15) is 4.79 Å². The highest BCUT2D eigenvalue weighted by molar-refractivity contribution is 6.32. The predicted molar refractivity (Wildman–Crippen MR) is 115 cm³/mol. The standard InChI is InChI=1S/C23H25ClN2O3/c1-5-26(16(3)19-10-7-17(15-25)8-11-19)22(27)12-9-18-13-20(24)23(28-4)21(14-18)29-6-2/h7-14,16H,5-6H2,1-4H3. The molecule has 5 nitrogen and oxygen atoms in total. The first-order valence-corrected chi connectivity index (χ1v) is 9.81. The maximum atomic E-state index is 12.8. The van der Waals surface area contributed by atoms with Gasteiger partial charge in [0, 0.05) is 12.6 Å². The van der Waals surface area contributed by atoms with Crippen molar-refractivity contribution in [2.45, 2.75) is 26.8 Å². The number of ether oxygens (including phenoxy) is 2. The number of carbonyl (C=O) groups excluding carboxylic acids is 1. The number of benzene rings is 2. The summed E-state index contributed by atoms with van der Waals surface area (Å²) in [5, 5.41) is 9.36. The molecule has 1 atom stereocenters. The number of methoxy groups -OCH3 is 1. The Labute approximate surface area is 177 Å². The number of rotatable bonds is 8. The summed E-state index contributed by atoms with van der Waals surface area (Å²) in [7, 11) is 1.53. The van der Waals surface area contributed by atoms with Crippen LogP contribution in [0.2, 0.25) is 5.02 Å². The van der Waals surface area contributed by atoms with Crippen molar-refractivity contribution in [2.24, 2.45) is 0 Å². The van der Waals surface area contributed by atoms with E-state index in [1.54, 1.807) is 35.2 Å². The fraction of sp³-hybridized carbons (Fsp3) is 0.304. The maximum absolute atomic E-state index is 12.8. The Morgan fingerprint density at radius 3 is 2.52 bits per heavy atom. The van der Waals surface area contributed by atoms with Crippen LogP contribution in [0.5, 0.6) is 11.5 Å². The molecule has 0 N–H and O–H groups in total. The van der Waals surface area contributed by atoms with E-state index in [-0.39, 0.29) is 11.9 Å². The summed E-state index contributed by atoms with van der Waals surface area (Å²) in [5.74, 6) is 0.892. The molecule has 0 aromatic heterocycles. The Hall–Kier alpha value is -2.97. The van der Waals surface area contributed by atoms with Gasteiger partial charge in [0.1, 0.15) is 0 Å². The van der Waals surface area contributed by atoms with Crippen LogP contribution in [-0.2, 0) is 4.79 Å². The van der Waals surface area contributed by atoms with Crippen molar-refractivity contribution in [1.82, 2.24) is 4.90 Å². The molecule has 152 valence electrons. The van der Waals surface area contributed by atoms with Crippen molar-refractivity contribution in [1.29, 1.82) is 5.26 Å². The van der Waals surface area contributed by atoms with E-state index in [0.717, 1.165) is 11.1 Å². The second-order valence-corrected chi connectivity index (χ2v) is 6.74. The molecule has 0 aliphatic heterocycles. The Balaban J connectivity index is 2.22. The lowest BCUT2D eigenvalue weighted by Crippen LogP contribution is -2.32. The van der Waals surface area contributed by atoms with Crippen molar-refractivity contribution in [3.63, 3.8) is 0 Å². The van der Waals surface area contributed by atoms with Gasteiger partial charge in [0.25, 0.3) is 0 Å². The third-order valence-corrected chi connectivity index (χ3v) is 4.85. The minimum atomic E-state index is -0.122. The zero-order chi connectivity index (χ0) is 21.4. The van der Waals surface area contributed by atoms with Crippen molar-refractivity contribution in [3.05, 3.63) is 64.2 Å². The average molecular weight is 413 g/mol. The molecule has 0 radical (unpaired) electrons. The van der Waals surface area contributed by atoms with Gasteiger partial charge in [-0.15, -0.1) is 0 Å². The number of carbonyl (C=O) groups is 1. The van der Waals surface area contributed by atoms with Crippen molar-refractivity contribution in [2.75, 3.05) is 20.3 Å². The van der Waals surface area contributed by atoms with Crippen LogP contribution in [0.3, 0.4) is 0 Å². The number of nitrogens with zero attached hydrogens (tertiary/aromatic N) is 2. The Bertz CT molecular complexity index is 917. The summed E-state index contributed by atoms with van der Waals surface area (Å²) in [4.78, 5) is 14.6. The van der Waals surface area contributed by atoms with Gasteiger partial charge in [-0.3, -0.25) is 4.79 Å². The summed E-state index contributed by atoms with van der Waals surface area (Å²) >= 11 is 6.27. The molecular weight excluding hydrogens is 388 g/mol. The third-order valence-electron chi connectivity index (χ3n) is 4.57. The number of halogens is 1. The molecule has 2 aromatic carbocycles. The van der Waals surface area contributed by atoms with Gasteiger partial charge in [0.2, 0.25) is 5.91 Å². The van der Waals surface area contributed by atoms with Gasteiger partial charge in [-0.2, -0.15) is 5.26 Å². The number of nitriles is 1. The number of likely N-dealkylation sites (N-methyl/N-ethyl adjacent to an activating group) is 1. The van der Waals surface area contributed by atoms with Gasteiger partial charge < -0.3 is 14.4 Å². The number of hydrogen-bond acceptors (Lipinski definition) is 4. The zero-order valence-electron chi connectivity index (χ0n) is 17.1. The van der Waals surface area contributed by atoms with Crippen LogP contribution in [-0.4, -0.2) is 31.1 Å². The quantitative estimate of drug-likeness (QED) is 0.556. The van der Waals surface area contributed by atoms with Crippen molar-refractivity contribution >= 4 is 23.6 Å². The molecule has 0 saturated heterocycles. The molecule has 0 fully saturated rings. The van der Waals surface area contributed by atoms with E-state index in [2.05, 4.69) is 6.07 Å². The van der Waals surface area contributed by atoms with E-state index in [1.807, 2.05) is 32.9 Å². The van der Waals surface area contributed by atoms with Gasteiger partial charge in [0.15, 0.2) is 11.5 Å². The monoisotopic (exact) mass is 412 g/mol. The molecule has 1 amide bonds. The molecule has 0 spiro atoms. The Morgan fingerprint density at radius 2 is 1.97 bits per heavy atom. The van der Waals surface area contributed by atoms with Gasteiger partial charge >= 0.3 is 0 Å². The molecule has 0 aliphatic carbocycles. The average Bonchev–Trinajstić information content (AvgIpc) is 2.73. The summed E-state index contributed by atoms with van der Waals surface area (Å²) < 4.78 is 10.9. The van der Waals surface area contributed by atoms with Crippen LogP contribution in [0.1, 0.15) is 43.5 Å².